The Bertz CT molecular complexity index is 1740. The number of carboxylic acids is 5. The lowest BCUT2D eigenvalue weighted by atomic mass is 9.87. The zero-order valence-electron chi connectivity index (χ0n) is 29.5. The molecule has 1 aromatic carbocycles. The van der Waals surface area contributed by atoms with Gasteiger partial charge in [-0.05, 0) is 37.5 Å². The summed E-state index contributed by atoms with van der Waals surface area (Å²) in [4.78, 5) is 90.1. The number of carbonyl (C=O) groups excluding carboxylic acids is 1. The number of carbonyl (C=O) groups is 6. The van der Waals surface area contributed by atoms with Crippen molar-refractivity contribution in [3.8, 4) is 12.3 Å². The lowest BCUT2D eigenvalue weighted by molar-refractivity contribution is -0.144. The number of carboxylic acid groups (broad SMARTS) is 5. The smallest absolute Gasteiger partial charge is 0.317 e. The summed E-state index contributed by atoms with van der Waals surface area (Å²) in [6.45, 7) is -1.38. The molecule has 3 rings (SSSR count). The molecule has 2 aromatic rings. The molecule has 1 saturated carbocycles. The largest absolute Gasteiger partial charge is 0.480 e. The molecule has 1 amide bonds. The molecule has 0 aliphatic heterocycles. The first kappa shape index (κ1) is 42.1. The van der Waals surface area contributed by atoms with Crippen LogP contribution in [-0.4, -0.2) is 163 Å². The Morgan fingerprint density at radius 3 is 1.66 bits per heavy atom. The van der Waals surface area contributed by atoms with Gasteiger partial charge in [0.15, 0.2) is 0 Å². The molecule has 1 aliphatic carbocycles. The second-order valence-electron chi connectivity index (χ2n) is 13.0. The molecule has 0 radical (unpaired) electrons. The van der Waals surface area contributed by atoms with Crippen LogP contribution in [0.15, 0.2) is 29.1 Å². The molecular weight excluding hydrogens is 696 g/mol. The zero-order valence-corrected chi connectivity index (χ0v) is 29.5. The first-order valence-corrected chi connectivity index (χ1v) is 17.0. The number of fused-ring (bicyclic) bond motifs is 1. The van der Waals surface area contributed by atoms with E-state index in [-0.39, 0.29) is 44.8 Å². The van der Waals surface area contributed by atoms with E-state index in [2.05, 4.69) is 11.2 Å². The minimum Gasteiger partial charge on any atom is -0.480 e. The number of hydrogen-bond acceptors (Lipinski definition) is 11. The fourth-order valence-electron chi connectivity index (χ4n) is 6.84. The number of benzene rings is 1. The van der Waals surface area contributed by atoms with Gasteiger partial charge in [0.1, 0.15) is 0 Å². The predicted octanol–water partition coefficient (Wildman–Crippen LogP) is -0.176. The molecule has 18 heteroatoms. The van der Waals surface area contributed by atoms with Crippen molar-refractivity contribution in [2.45, 2.75) is 51.2 Å². The van der Waals surface area contributed by atoms with Crippen molar-refractivity contribution >= 4 is 52.3 Å². The van der Waals surface area contributed by atoms with Gasteiger partial charge in [-0.1, -0.05) is 24.8 Å². The van der Waals surface area contributed by atoms with Crippen LogP contribution in [0.1, 0.15) is 31.2 Å². The van der Waals surface area contributed by atoms with Crippen LogP contribution in [-0.2, 0) is 35.3 Å². The zero-order chi connectivity index (χ0) is 39.2. The highest BCUT2D eigenvalue weighted by Crippen LogP contribution is 2.28. The summed E-state index contributed by atoms with van der Waals surface area (Å²) in [5.74, 6) is -4.21. The maximum absolute atomic E-state index is 13.7. The third-order valence-electron chi connectivity index (χ3n) is 9.01. The standard InChI is InChI=1S/C35H46N6O12/c1-3-10-41-28-16-24(8-9-25(28)23(2)15-30(41)43)36-29(42)17-39(13-11-37(18-31(44)45)19-32(46)47)26-6-4-5-7-27(26)40(22-35(52)53)14-12-38(20-33(48)49)21-34(50)51/h1,8-9,15-16,26-27H,4-7,10-14,17-22H2,2H3,(H,36,42)(H,44,45)(H,46,47)(H,48,49)(H,50,51)(H,52,53)/t26-,27-/m1/s1. The molecule has 0 saturated heterocycles. The summed E-state index contributed by atoms with van der Waals surface area (Å²) >= 11 is 0. The second kappa shape index (κ2) is 20.0. The van der Waals surface area contributed by atoms with Crippen LogP contribution in [0.25, 0.3) is 10.9 Å². The van der Waals surface area contributed by atoms with Crippen molar-refractivity contribution in [2.75, 3.05) is 70.8 Å². The number of rotatable bonds is 22. The maximum atomic E-state index is 13.7. The van der Waals surface area contributed by atoms with Gasteiger partial charge in [0.25, 0.3) is 5.56 Å². The Kier molecular flexibility index (Phi) is 15.9. The summed E-state index contributed by atoms with van der Waals surface area (Å²) in [5.41, 5.74) is 1.29. The van der Waals surface area contributed by atoms with E-state index in [9.17, 15) is 59.1 Å². The molecule has 0 bridgehead atoms. The number of pyridine rings is 1. The molecule has 6 N–H and O–H groups in total. The van der Waals surface area contributed by atoms with Crippen molar-refractivity contribution < 1.29 is 54.3 Å². The molecule has 1 aliphatic rings. The number of nitrogens with one attached hydrogen (secondary N) is 1. The van der Waals surface area contributed by atoms with Gasteiger partial charge in [0.2, 0.25) is 5.91 Å². The van der Waals surface area contributed by atoms with Crippen molar-refractivity contribution in [2.24, 2.45) is 0 Å². The number of aryl methyl sites for hydroxylation is 1. The quantitative estimate of drug-likeness (QED) is 0.0857. The van der Waals surface area contributed by atoms with E-state index in [1.54, 1.807) is 34.9 Å². The fraction of sp³-hybridized carbons (Fsp3) is 0.514. The van der Waals surface area contributed by atoms with Crippen LogP contribution < -0.4 is 10.9 Å². The van der Waals surface area contributed by atoms with Gasteiger partial charge in [0.05, 0.1) is 51.3 Å². The average Bonchev–Trinajstić information content (AvgIpc) is 3.05. The number of anilines is 1. The molecule has 288 valence electrons. The summed E-state index contributed by atoms with van der Waals surface area (Å²) in [7, 11) is 0. The normalized spacial score (nSPS) is 15.8. The molecular formula is C35H46N6O12. The Labute approximate surface area is 305 Å². The van der Waals surface area contributed by atoms with Gasteiger partial charge < -0.3 is 30.8 Å². The van der Waals surface area contributed by atoms with Gasteiger partial charge in [-0.25, -0.2) is 0 Å². The minimum absolute atomic E-state index is 0.00423. The minimum atomic E-state index is -1.25. The molecule has 0 unspecified atom stereocenters. The third kappa shape index (κ3) is 13.3. The molecule has 18 nitrogen and oxygen atoms in total. The fourth-order valence-corrected chi connectivity index (χ4v) is 6.84. The maximum Gasteiger partial charge on any atom is 0.317 e. The number of nitrogens with zero attached hydrogens (tertiary/aromatic N) is 5. The van der Waals surface area contributed by atoms with E-state index < -0.39 is 80.6 Å². The highest BCUT2D eigenvalue weighted by Gasteiger charge is 2.36. The molecule has 53 heavy (non-hydrogen) atoms. The van der Waals surface area contributed by atoms with Crippen LogP contribution in [0.2, 0.25) is 0 Å². The topological polar surface area (TPSA) is 251 Å². The van der Waals surface area contributed by atoms with E-state index in [0.29, 0.717) is 36.9 Å². The first-order chi connectivity index (χ1) is 25.1. The second-order valence-corrected chi connectivity index (χ2v) is 13.0. The molecule has 1 heterocycles. The van der Waals surface area contributed by atoms with Crippen molar-refractivity contribution in [1.29, 1.82) is 0 Å². The van der Waals surface area contributed by atoms with Crippen molar-refractivity contribution in [1.82, 2.24) is 24.2 Å². The monoisotopic (exact) mass is 742 g/mol. The molecule has 1 fully saturated rings. The van der Waals surface area contributed by atoms with E-state index in [4.69, 9.17) is 6.42 Å². The van der Waals surface area contributed by atoms with E-state index in [0.717, 1.165) is 10.9 Å². The van der Waals surface area contributed by atoms with Crippen molar-refractivity contribution in [3.63, 3.8) is 0 Å². The average molecular weight is 743 g/mol. The Balaban J connectivity index is 1.96. The highest BCUT2D eigenvalue weighted by atomic mass is 16.4. The van der Waals surface area contributed by atoms with Gasteiger partial charge >= 0.3 is 29.8 Å². The molecule has 2 atom stereocenters. The summed E-state index contributed by atoms with van der Waals surface area (Å²) in [6.07, 6.45) is 7.88. The van der Waals surface area contributed by atoms with Crippen LogP contribution in [0.5, 0.6) is 0 Å². The van der Waals surface area contributed by atoms with Crippen LogP contribution in [0, 0.1) is 19.3 Å². The van der Waals surface area contributed by atoms with Gasteiger partial charge in [-0.3, -0.25) is 57.7 Å². The van der Waals surface area contributed by atoms with Crippen LogP contribution in [0.3, 0.4) is 0 Å². The lowest BCUT2D eigenvalue weighted by Gasteiger charge is -2.45. The summed E-state index contributed by atoms with van der Waals surface area (Å²) < 4.78 is 1.40. The highest BCUT2D eigenvalue weighted by molar-refractivity contribution is 5.95. The Morgan fingerprint density at radius 1 is 0.736 bits per heavy atom. The van der Waals surface area contributed by atoms with Crippen LogP contribution in [0.4, 0.5) is 5.69 Å². The van der Waals surface area contributed by atoms with Gasteiger partial charge in [-0.15, -0.1) is 6.42 Å². The lowest BCUT2D eigenvalue weighted by Crippen LogP contribution is -2.58. The van der Waals surface area contributed by atoms with Gasteiger partial charge in [-0.2, -0.15) is 0 Å². The Morgan fingerprint density at radius 2 is 1.21 bits per heavy atom. The number of hydrogen-bond donors (Lipinski definition) is 6. The number of terminal acetylenes is 1. The predicted molar refractivity (Wildman–Crippen MR) is 191 cm³/mol. The van der Waals surface area contributed by atoms with E-state index in [1.807, 2.05) is 0 Å². The number of aromatic nitrogens is 1. The van der Waals surface area contributed by atoms with E-state index in [1.165, 1.54) is 20.4 Å². The van der Waals surface area contributed by atoms with E-state index >= 15 is 0 Å². The third-order valence-corrected chi connectivity index (χ3v) is 9.01. The number of aliphatic carboxylic acids is 5. The SMILES string of the molecule is C#CCn1c(=O)cc(C)c2ccc(NC(=O)CN(CCN(CC(=O)O)CC(=O)O)[C@@H]3CCCC[C@H]3N(CCN(CC(=O)O)CC(=O)O)CC(=O)O)cc21. The number of amides is 1. The Hall–Kier alpha value is -5.35. The molecule has 1 aromatic heterocycles. The summed E-state index contributed by atoms with van der Waals surface area (Å²) in [6, 6.07) is 5.53. The van der Waals surface area contributed by atoms with Crippen molar-refractivity contribution in [3.05, 3.63) is 40.2 Å². The molecule has 0 spiro atoms. The van der Waals surface area contributed by atoms with Crippen LogP contribution >= 0.6 is 0 Å². The summed E-state index contributed by atoms with van der Waals surface area (Å²) in [5, 5.41) is 50.9. The first-order valence-electron chi connectivity index (χ1n) is 17.0. The van der Waals surface area contributed by atoms with Gasteiger partial charge in [0, 0.05) is 55.4 Å².